The average Bonchev–Trinajstić information content (AvgIpc) is 2.49. The van der Waals surface area contributed by atoms with Crippen LogP contribution in [-0.4, -0.2) is 16.3 Å². The average molecular weight is 179 g/mol. The van der Waals surface area contributed by atoms with Crippen LogP contribution in [0, 0.1) is 5.92 Å². The Hall–Kier alpha value is -0.830. The van der Waals surface area contributed by atoms with Crippen LogP contribution >= 0.6 is 0 Å². The molecule has 0 radical (unpaired) electrons. The van der Waals surface area contributed by atoms with Gasteiger partial charge in [-0.15, -0.1) is 0 Å². The summed E-state index contributed by atoms with van der Waals surface area (Å²) in [6.45, 7) is 0.817. The molecule has 0 aliphatic heterocycles. The first-order valence-electron chi connectivity index (χ1n) is 5.01. The summed E-state index contributed by atoms with van der Waals surface area (Å²) in [4.78, 5) is 0. The molecule has 1 aromatic rings. The van der Waals surface area contributed by atoms with Crippen LogP contribution in [0.3, 0.4) is 0 Å². The van der Waals surface area contributed by atoms with E-state index >= 15 is 0 Å². The second-order valence-electron chi connectivity index (χ2n) is 3.93. The van der Waals surface area contributed by atoms with E-state index in [1.807, 2.05) is 17.9 Å². The number of aromatic nitrogens is 2. The Balaban J connectivity index is 2.13. The molecule has 0 fully saturated rings. The summed E-state index contributed by atoms with van der Waals surface area (Å²) in [6.07, 6.45) is 6.81. The van der Waals surface area contributed by atoms with E-state index in [9.17, 15) is 0 Å². The molecule has 72 valence electrons. The van der Waals surface area contributed by atoms with Crippen molar-refractivity contribution in [1.82, 2.24) is 9.78 Å². The molecular weight excluding hydrogens is 162 g/mol. The summed E-state index contributed by atoms with van der Waals surface area (Å²) in [5.74, 6) is 0.785. The van der Waals surface area contributed by atoms with Crippen LogP contribution < -0.4 is 5.73 Å². The van der Waals surface area contributed by atoms with Crippen molar-refractivity contribution in [3.63, 3.8) is 0 Å². The molecule has 13 heavy (non-hydrogen) atoms. The Bertz CT molecular complexity index is 290. The second kappa shape index (κ2) is 3.50. The monoisotopic (exact) mass is 179 g/mol. The largest absolute Gasteiger partial charge is 0.330 e. The molecule has 0 saturated heterocycles. The Morgan fingerprint density at radius 1 is 1.69 bits per heavy atom. The summed E-state index contributed by atoms with van der Waals surface area (Å²) >= 11 is 0. The van der Waals surface area contributed by atoms with Crippen LogP contribution in [0.4, 0.5) is 0 Å². The predicted octanol–water partition coefficient (Wildman–Crippen LogP) is 0.874. The van der Waals surface area contributed by atoms with Gasteiger partial charge in [0.05, 0.1) is 6.20 Å². The van der Waals surface area contributed by atoms with Gasteiger partial charge < -0.3 is 5.73 Å². The van der Waals surface area contributed by atoms with Gasteiger partial charge in [-0.05, 0) is 43.7 Å². The molecule has 0 saturated carbocycles. The maximum Gasteiger partial charge on any atom is 0.0524 e. The number of hydrogen-bond donors (Lipinski definition) is 1. The third-order valence-electron chi connectivity index (χ3n) is 3.03. The van der Waals surface area contributed by atoms with E-state index in [0.717, 1.165) is 18.9 Å². The van der Waals surface area contributed by atoms with Gasteiger partial charge in [-0.1, -0.05) is 0 Å². The highest BCUT2D eigenvalue weighted by Gasteiger charge is 2.20. The van der Waals surface area contributed by atoms with Gasteiger partial charge in [0.25, 0.3) is 0 Å². The maximum absolute atomic E-state index is 5.57. The summed E-state index contributed by atoms with van der Waals surface area (Å²) < 4.78 is 2.01. The molecule has 0 amide bonds. The van der Waals surface area contributed by atoms with E-state index in [-0.39, 0.29) is 0 Å². The number of nitrogens with zero attached hydrogens (tertiary/aromatic N) is 2. The number of nitrogens with two attached hydrogens (primary N) is 1. The van der Waals surface area contributed by atoms with E-state index < -0.39 is 0 Å². The molecule has 1 atom stereocenters. The third kappa shape index (κ3) is 1.61. The van der Waals surface area contributed by atoms with Crippen molar-refractivity contribution in [2.45, 2.75) is 25.7 Å². The highest BCUT2D eigenvalue weighted by molar-refractivity contribution is 5.21. The van der Waals surface area contributed by atoms with Crippen molar-refractivity contribution in [3.05, 3.63) is 17.5 Å². The fourth-order valence-corrected chi connectivity index (χ4v) is 2.20. The second-order valence-corrected chi connectivity index (χ2v) is 3.93. The highest BCUT2D eigenvalue weighted by Crippen LogP contribution is 2.26. The first kappa shape index (κ1) is 8.75. The van der Waals surface area contributed by atoms with E-state index in [0.29, 0.717) is 0 Å². The minimum Gasteiger partial charge on any atom is -0.330 e. The molecule has 1 aromatic heterocycles. The van der Waals surface area contributed by atoms with Crippen molar-refractivity contribution in [1.29, 1.82) is 0 Å². The Labute approximate surface area is 78.9 Å². The first-order valence-corrected chi connectivity index (χ1v) is 5.01. The van der Waals surface area contributed by atoms with Crippen LogP contribution in [-0.2, 0) is 19.9 Å². The van der Waals surface area contributed by atoms with Crippen LogP contribution in [0.2, 0.25) is 0 Å². The zero-order valence-electron chi connectivity index (χ0n) is 8.16. The molecule has 1 heterocycles. The first-order chi connectivity index (χ1) is 6.31. The summed E-state index contributed by atoms with van der Waals surface area (Å²) in [5.41, 5.74) is 8.43. The van der Waals surface area contributed by atoms with Gasteiger partial charge in [0.1, 0.15) is 0 Å². The van der Waals surface area contributed by atoms with Crippen molar-refractivity contribution >= 4 is 0 Å². The smallest absolute Gasteiger partial charge is 0.0524 e. The fraction of sp³-hybridized carbons (Fsp3) is 0.700. The molecule has 2 rings (SSSR count). The number of rotatable bonds is 2. The molecule has 0 spiro atoms. The minimum atomic E-state index is 0.785. The number of aryl methyl sites for hydroxylation is 2. The third-order valence-corrected chi connectivity index (χ3v) is 3.03. The molecule has 2 N–H and O–H groups in total. The lowest BCUT2D eigenvalue weighted by Crippen LogP contribution is -2.18. The van der Waals surface area contributed by atoms with Gasteiger partial charge in [-0.3, -0.25) is 4.68 Å². The SMILES string of the molecule is Cn1ncc2c1CC(CCN)CC2. The number of fused-ring (bicyclic) bond motifs is 1. The van der Waals surface area contributed by atoms with E-state index in [2.05, 4.69) is 5.10 Å². The highest BCUT2D eigenvalue weighted by atomic mass is 15.3. The maximum atomic E-state index is 5.57. The molecule has 1 unspecified atom stereocenters. The van der Waals surface area contributed by atoms with Crippen molar-refractivity contribution < 1.29 is 0 Å². The summed E-state index contributed by atoms with van der Waals surface area (Å²) in [7, 11) is 2.03. The van der Waals surface area contributed by atoms with Gasteiger partial charge in [0.2, 0.25) is 0 Å². The lowest BCUT2D eigenvalue weighted by Gasteiger charge is -2.21. The topological polar surface area (TPSA) is 43.8 Å². The van der Waals surface area contributed by atoms with Crippen molar-refractivity contribution in [2.75, 3.05) is 6.54 Å². The molecule has 0 bridgehead atoms. The normalized spacial score (nSPS) is 21.5. The van der Waals surface area contributed by atoms with E-state index in [1.54, 1.807) is 0 Å². The molecule has 3 nitrogen and oxygen atoms in total. The lowest BCUT2D eigenvalue weighted by molar-refractivity contribution is 0.420. The lowest BCUT2D eigenvalue weighted by atomic mass is 9.86. The van der Waals surface area contributed by atoms with Gasteiger partial charge in [-0.2, -0.15) is 5.10 Å². The molecule has 1 aliphatic carbocycles. The van der Waals surface area contributed by atoms with Crippen LogP contribution in [0.5, 0.6) is 0 Å². The zero-order chi connectivity index (χ0) is 9.26. The zero-order valence-corrected chi connectivity index (χ0v) is 8.16. The minimum absolute atomic E-state index is 0.785. The van der Waals surface area contributed by atoms with Crippen molar-refractivity contribution in [2.24, 2.45) is 18.7 Å². The van der Waals surface area contributed by atoms with Crippen LogP contribution in [0.25, 0.3) is 0 Å². The number of hydrogen-bond acceptors (Lipinski definition) is 2. The molecule has 1 aliphatic rings. The van der Waals surface area contributed by atoms with Gasteiger partial charge in [0.15, 0.2) is 0 Å². The van der Waals surface area contributed by atoms with E-state index in [4.69, 9.17) is 5.73 Å². The Morgan fingerprint density at radius 2 is 2.54 bits per heavy atom. The van der Waals surface area contributed by atoms with Gasteiger partial charge in [0, 0.05) is 12.7 Å². The Kier molecular flexibility index (Phi) is 2.36. The Morgan fingerprint density at radius 3 is 3.31 bits per heavy atom. The van der Waals surface area contributed by atoms with Crippen molar-refractivity contribution in [3.8, 4) is 0 Å². The van der Waals surface area contributed by atoms with Gasteiger partial charge in [-0.25, -0.2) is 0 Å². The molecular formula is C10H17N3. The molecule has 3 heteroatoms. The molecule has 0 aromatic carbocycles. The summed E-state index contributed by atoms with van der Waals surface area (Å²) in [6, 6.07) is 0. The van der Waals surface area contributed by atoms with Gasteiger partial charge >= 0.3 is 0 Å². The standard InChI is InChI=1S/C10H17N3/c1-13-10-6-8(4-5-11)2-3-9(10)7-12-13/h7-8H,2-6,11H2,1H3. The summed E-state index contributed by atoms with van der Waals surface area (Å²) in [5, 5.41) is 4.28. The predicted molar refractivity (Wildman–Crippen MR) is 52.4 cm³/mol. The fourth-order valence-electron chi connectivity index (χ4n) is 2.20. The van der Waals surface area contributed by atoms with Crippen LogP contribution in [0.15, 0.2) is 6.20 Å². The van der Waals surface area contributed by atoms with Crippen LogP contribution in [0.1, 0.15) is 24.1 Å². The quantitative estimate of drug-likeness (QED) is 0.732. The van der Waals surface area contributed by atoms with E-state index in [1.165, 1.54) is 30.5 Å².